The maximum Gasteiger partial charge on any atom is 0.135 e. The van der Waals surface area contributed by atoms with E-state index >= 15 is 0 Å². The molecule has 0 aliphatic heterocycles. The Bertz CT molecular complexity index is 2560. The van der Waals surface area contributed by atoms with Gasteiger partial charge in [-0.15, -0.1) is 0 Å². The summed E-state index contributed by atoms with van der Waals surface area (Å²) in [5.41, 5.74) is 12.2. The summed E-state index contributed by atoms with van der Waals surface area (Å²) in [6.07, 6.45) is 0. The molecule has 0 radical (unpaired) electrons. The second-order valence-corrected chi connectivity index (χ2v) is 12.2. The standard InChI is InChI=1S/C46H31NO/c1-2-11-32(12-3-1)36-16-9-18-39(30-36)47(40-27-28-46-44(31-40)43-20-6-7-22-45(43)48-46)38-25-23-33(24-26-38)35-15-8-17-37(29-35)42-21-10-14-34-13-4-5-19-41(34)42/h1-31H. The lowest BCUT2D eigenvalue weighted by Gasteiger charge is -2.26. The highest BCUT2D eigenvalue weighted by Gasteiger charge is 2.17. The smallest absolute Gasteiger partial charge is 0.135 e. The molecule has 0 fully saturated rings. The molecule has 0 spiro atoms. The van der Waals surface area contributed by atoms with E-state index in [4.69, 9.17) is 4.42 Å². The second-order valence-electron chi connectivity index (χ2n) is 12.2. The van der Waals surface area contributed by atoms with Crippen LogP contribution < -0.4 is 4.90 Å². The number of nitrogens with zero attached hydrogens (tertiary/aromatic N) is 1. The SMILES string of the molecule is c1ccc(-c2cccc(N(c3ccc(-c4cccc(-c5cccc6ccccc56)c4)cc3)c3ccc4oc5ccccc5c4c3)c2)cc1. The topological polar surface area (TPSA) is 16.4 Å². The molecule has 1 heterocycles. The summed E-state index contributed by atoms with van der Waals surface area (Å²) in [5, 5.41) is 4.74. The maximum atomic E-state index is 6.19. The van der Waals surface area contributed by atoms with Gasteiger partial charge in [0.15, 0.2) is 0 Å². The molecule has 0 aliphatic carbocycles. The highest BCUT2D eigenvalue weighted by atomic mass is 16.3. The highest BCUT2D eigenvalue weighted by molar-refractivity contribution is 6.06. The lowest BCUT2D eigenvalue weighted by molar-refractivity contribution is 0.669. The number of benzene rings is 8. The third kappa shape index (κ3) is 5.01. The van der Waals surface area contributed by atoms with Gasteiger partial charge in [0.05, 0.1) is 0 Å². The van der Waals surface area contributed by atoms with Crippen LogP contribution in [0.3, 0.4) is 0 Å². The van der Waals surface area contributed by atoms with Crippen LogP contribution in [-0.2, 0) is 0 Å². The number of fused-ring (bicyclic) bond motifs is 4. The minimum atomic E-state index is 0.888. The number of anilines is 3. The van der Waals surface area contributed by atoms with E-state index < -0.39 is 0 Å². The maximum absolute atomic E-state index is 6.19. The molecular formula is C46H31NO. The Morgan fingerprint density at radius 2 is 0.896 bits per heavy atom. The molecule has 0 amide bonds. The molecule has 226 valence electrons. The van der Waals surface area contributed by atoms with Crippen molar-refractivity contribution in [2.75, 3.05) is 4.90 Å². The van der Waals surface area contributed by atoms with Gasteiger partial charge in [-0.05, 0) is 98.8 Å². The lowest BCUT2D eigenvalue weighted by Crippen LogP contribution is -2.10. The number of hydrogen-bond donors (Lipinski definition) is 0. The summed E-state index contributed by atoms with van der Waals surface area (Å²) in [7, 11) is 0. The van der Waals surface area contributed by atoms with Crippen molar-refractivity contribution in [2.45, 2.75) is 0 Å². The van der Waals surface area contributed by atoms with Crippen LogP contribution in [0.5, 0.6) is 0 Å². The fourth-order valence-corrected chi connectivity index (χ4v) is 6.90. The van der Waals surface area contributed by atoms with Crippen molar-refractivity contribution in [1.29, 1.82) is 0 Å². The van der Waals surface area contributed by atoms with Crippen LogP contribution in [0.25, 0.3) is 66.1 Å². The quantitative estimate of drug-likeness (QED) is 0.185. The predicted octanol–water partition coefficient (Wildman–Crippen LogP) is 13.2. The first kappa shape index (κ1) is 27.9. The van der Waals surface area contributed by atoms with Gasteiger partial charge in [0.2, 0.25) is 0 Å². The number of para-hydroxylation sites is 1. The van der Waals surface area contributed by atoms with Gasteiger partial charge >= 0.3 is 0 Å². The molecule has 8 aromatic carbocycles. The fraction of sp³-hybridized carbons (Fsp3) is 0. The molecule has 0 saturated carbocycles. The van der Waals surface area contributed by atoms with Crippen molar-refractivity contribution in [2.24, 2.45) is 0 Å². The van der Waals surface area contributed by atoms with Crippen molar-refractivity contribution in [3.63, 3.8) is 0 Å². The largest absolute Gasteiger partial charge is 0.456 e. The molecule has 9 rings (SSSR count). The molecule has 0 bridgehead atoms. The summed E-state index contributed by atoms with van der Waals surface area (Å²) in [6.45, 7) is 0. The van der Waals surface area contributed by atoms with Gasteiger partial charge in [-0.1, -0.05) is 133 Å². The first-order valence-corrected chi connectivity index (χ1v) is 16.3. The van der Waals surface area contributed by atoms with Gasteiger partial charge in [0.1, 0.15) is 11.2 Å². The van der Waals surface area contributed by atoms with Gasteiger partial charge < -0.3 is 9.32 Å². The normalized spacial score (nSPS) is 11.3. The van der Waals surface area contributed by atoms with Crippen LogP contribution in [-0.4, -0.2) is 0 Å². The van der Waals surface area contributed by atoms with Gasteiger partial charge in [-0.2, -0.15) is 0 Å². The van der Waals surface area contributed by atoms with Crippen molar-refractivity contribution < 1.29 is 4.42 Å². The molecule has 0 saturated heterocycles. The Morgan fingerprint density at radius 1 is 0.312 bits per heavy atom. The number of rotatable bonds is 6. The third-order valence-electron chi connectivity index (χ3n) is 9.25. The Hall–Kier alpha value is -6.38. The molecule has 2 nitrogen and oxygen atoms in total. The number of furan rings is 1. The van der Waals surface area contributed by atoms with Crippen molar-refractivity contribution in [3.05, 3.63) is 188 Å². The molecule has 9 aromatic rings. The summed E-state index contributed by atoms with van der Waals surface area (Å²) >= 11 is 0. The molecular weight excluding hydrogens is 583 g/mol. The molecule has 0 N–H and O–H groups in total. The highest BCUT2D eigenvalue weighted by Crippen LogP contribution is 2.41. The van der Waals surface area contributed by atoms with Gasteiger partial charge in [-0.25, -0.2) is 0 Å². The van der Waals surface area contributed by atoms with E-state index in [2.05, 4.69) is 181 Å². The number of hydrogen-bond acceptors (Lipinski definition) is 2. The average molecular weight is 614 g/mol. The van der Waals surface area contributed by atoms with E-state index in [1.165, 1.54) is 44.2 Å². The lowest BCUT2D eigenvalue weighted by atomic mass is 9.95. The van der Waals surface area contributed by atoms with Crippen LogP contribution in [0.15, 0.2) is 192 Å². The molecule has 1 aromatic heterocycles. The van der Waals surface area contributed by atoms with Crippen molar-refractivity contribution in [1.82, 2.24) is 0 Å². The van der Waals surface area contributed by atoms with Crippen molar-refractivity contribution in [3.8, 4) is 33.4 Å². The zero-order valence-corrected chi connectivity index (χ0v) is 26.3. The van der Waals surface area contributed by atoms with Gasteiger partial charge in [0, 0.05) is 27.8 Å². The average Bonchev–Trinajstić information content (AvgIpc) is 3.54. The van der Waals surface area contributed by atoms with E-state index in [9.17, 15) is 0 Å². The monoisotopic (exact) mass is 613 g/mol. The first-order valence-electron chi connectivity index (χ1n) is 16.3. The van der Waals surface area contributed by atoms with Crippen LogP contribution in [0, 0.1) is 0 Å². The summed E-state index contributed by atoms with van der Waals surface area (Å²) in [6, 6.07) is 67.0. The van der Waals surface area contributed by atoms with Crippen LogP contribution in [0.2, 0.25) is 0 Å². The molecule has 2 heteroatoms. The summed E-state index contributed by atoms with van der Waals surface area (Å²) < 4.78 is 6.19. The minimum Gasteiger partial charge on any atom is -0.456 e. The Labute approximate surface area is 279 Å². The Morgan fingerprint density at radius 3 is 1.77 bits per heavy atom. The predicted molar refractivity (Wildman–Crippen MR) is 202 cm³/mol. The van der Waals surface area contributed by atoms with Crippen molar-refractivity contribution >= 4 is 49.8 Å². The summed E-state index contributed by atoms with van der Waals surface area (Å²) in [4.78, 5) is 2.34. The second kappa shape index (κ2) is 11.8. The Kier molecular flexibility index (Phi) is 6.84. The van der Waals surface area contributed by atoms with E-state index in [1.54, 1.807) is 0 Å². The van der Waals surface area contributed by atoms with E-state index in [0.29, 0.717) is 0 Å². The fourth-order valence-electron chi connectivity index (χ4n) is 6.90. The zero-order valence-electron chi connectivity index (χ0n) is 26.3. The molecule has 0 unspecified atom stereocenters. The van der Waals surface area contributed by atoms with E-state index in [0.717, 1.165) is 39.0 Å². The first-order chi connectivity index (χ1) is 23.8. The van der Waals surface area contributed by atoms with Crippen LogP contribution in [0.1, 0.15) is 0 Å². The van der Waals surface area contributed by atoms with E-state index in [1.807, 2.05) is 12.1 Å². The third-order valence-corrected chi connectivity index (χ3v) is 9.25. The summed E-state index contributed by atoms with van der Waals surface area (Å²) in [5.74, 6) is 0. The minimum absolute atomic E-state index is 0.888. The zero-order chi connectivity index (χ0) is 31.9. The Balaban J connectivity index is 1.14. The molecule has 48 heavy (non-hydrogen) atoms. The van der Waals surface area contributed by atoms with Crippen LogP contribution >= 0.6 is 0 Å². The molecule has 0 atom stereocenters. The van der Waals surface area contributed by atoms with Gasteiger partial charge in [0.25, 0.3) is 0 Å². The molecule has 0 aliphatic rings. The van der Waals surface area contributed by atoms with E-state index in [-0.39, 0.29) is 0 Å². The van der Waals surface area contributed by atoms with Gasteiger partial charge in [-0.3, -0.25) is 0 Å². The van der Waals surface area contributed by atoms with Crippen LogP contribution in [0.4, 0.5) is 17.1 Å².